The van der Waals surface area contributed by atoms with Crippen LogP contribution in [0.3, 0.4) is 0 Å². The Balaban J connectivity index is 1.47. The molecule has 3 N–H and O–H groups in total. The van der Waals surface area contributed by atoms with Crippen molar-refractivity contribution in [2.45, 2.75) is 63.3 Å². The number of hydrogen-bond acceptors (Lipinski definition) is 5. The summed E-state index contributed by atoms with van der Waals surface area (Å²) in [6, 6.07) is 5.98. The molecule has 1 aromatic carbocycles. The van der Waals surface area contributed by atoms with Gasteiger partial charge >= 0.3 is 6.18 Å². The van der Waals surface area contributed by atoms with Crippen LogP contribution in [0.25, 0.3) is 0 Å². The van der Waals surface area contributed by atoms with Gasteiger partial charge in [-0.05, 0) is 50.7 Å². The predicted octanol–water partition coefficient (Wildman–Crippen LogP) is 2.72. The topological polar surface area (TPSA) is 92.1 Å². The Hall–Kier alpha value is -2.46. The number of nitrogens with one attached hydrogen (secondary N) is 2. The smallest absolute Gasteiger partial charge is 0.395 e. The van der Waals surface area contributed by atoms with Crippen molar-refractivity contribution in [3.63, 3.8) is 0 Å². The number of aliphatic hydroxyl groups is 1. The molecule has 2 aromatic rings. The minimum atomic E-state index is -4.33. The van der Waals surface area contributed by atoms with Gasteiger partial charge in [-0.3, -0.25) is 4.79 Å². The van der Waals surface area contributed by atoms with Crippen molar-refractivity contribution in [3.8, 4) is 0 Å². The lowest BCUT2D eigenvalue weighted by Crippen LogP contribution is -2.40. The highest BCUT2D eigenvalue weighted by atomic mass is 19.4. The molecule has 1 heterocycles. The first-order valence-corrected chi connectivity index (χ1v) is 10.5. The summed E-state index contributed by atoms with van der Waals surface area (Å²) in [6.45, 7) is 2.02. The van der Waals surface area contributed by atoms with Gasteiger partial charge < -0.3 is 15.7 Å². The molecule has 1 atom stereocenters. The number of alkyl halides is 3. The number of aliphatic hydroxyl groups excluding tert-OH is 1. The fourth-order valence-corrected chi connectivity index (χ4v) is 4.02. The van der Waals surface area contributed by atoms with Gasteiger partial charge in [-0.2, -0.15) is 13.2 Å². The highest BCUT2D eigenvalue weighted by molar-refractivity contribution is 5.91. The number of benzene rings is 1. The minimum Gasteiger partial charge on any atom is -0.395 e. The van der Waals surface area contributed by atoms with Gasteiger partial charge in [0.15, 0.2) is 5.69 Å². The van der Waals surface area contributed by atoms with Crippen molar-refractivity contribution < 1.29 is 23.1 Å². The second-order valence-electron chi connectivity index (χ2n) is 8.04. The lowest BCUT2D eigenvalue weighted by atomic mass is 9.90. The summed E-state index contributed by atoms with van der Waals surface area (Å²) in [5.74, 6) is -0.362. The summed E-state index contributed by atoms with van der Waals surface area (Å²) in [6.07, 6.45) is 1.38. The molecule has 170 valence electrons. The Labute approximate surface area is 179 Å². The maximum atomic E-state index is 12.9. The van der Waals surface area contributed by atoms with E-state index in [1.807, 2.05) is 6.92 Å². The Morgan fingerprint density at radius 1 is 1.29 bits per heavy atom. The Morgan fingerprint density at radius 3 is 2.71 bits per heavy atom. The molecule has 1 unspecified atom stereocenters. The SMILES string of the molecule is CC(Cc1cccc(C(F)(F)F)c1)NC1CCC(n2cc(C(=O)NCCO)nn2)CC1. The van der Waals surface area contributed by atoms with E-state index in [1.54, 1.807) is 16.9 Å². The number of rotatable bonds is 8. The molecule has 0 radical (unpaired) electrons. The van der Waals surface area contributed by atoms with Crippen molar-refractivity contribution in [1.82, 2.24) is 25.6 Å². The molecule has 3 rings (SSSR count). The second kappa shape index (κ2) is 10.2. The van der Waals surface area contributed by atoms with Gasteiger partial charge in [-0.1, -0.05) is 23.4 Å². The average molecular weight is 439 g/mol. The number of nitrogens with zero attached hydrogens (tertiary/aromatic N) is 3. The molecule has 1 saturated carbocycles. The zero-order valence-electron chi connectivity index (χ0n) is 17.4. The second-order valence-corrected chi connectivity index (χ2v) is 8.04. The third-order valence-electron chi connectivity index (χ3n) is 5.53. The molecule has 0 aliphatic heterocycles. The summed E-state index contributed by atoms with van der Waals surface area (Å²) >= 11 is 0. The lowest BCUT2D eigenvalue weighted by Gasteiger charge is -2.31. The number of amides is 1. The van der Waals surface area contributed by atoms with E-state index in [2.05, 4.69) is 20.9 Å². The maximum absolute atomic E-state index is 12.9. The highest BCUT2D eigenvalue weighted by Crippen LogP contribution is 2.30. The van der Waals surface area contributed by atoms with Crippen LogP contribution in [0.1, 0.15) is 60.3 Å². The van der Waals surface area contributed by atoms with Crippen LogP contribution in [0.15, 0.2) is 30.5 Å². The average Bonchev–Trinajstić information content (AvgIpc) is 3.22. The number of aromatic nitrogens is 3. The standard InChI is InChI=1S/C21H28F3N5O2/c1-14(11-15-3-2-4-16(12-15)21(22,23)24)26-17-5-7-18(8-6-17)29-13-19(27-28-29)20(31)25-9-10-30/h2-4,12-14,17-18,26,30H,5-11H2,1H3,(H,25,31). The molecule has 0 spiro atoms. The molecule has 1 aromatic heterocycles. The number of hydrogen-bond donors (Lipinski definition) is 3. The van der Waals surface area contributed by atoms with E-state index in [0.29, 0.717) is 12.0 Å². The Morgan fingerprint density at radius 2 is 2.03 bits per heavy atom. The number of carbonyl (C=O) groups excluding carboxylic acids is 1. The molecule has 0 saturated heterocycles. The van der Waals surface area contributed by atoms with Crippen LogP contribution in [0.2, 0.25) is 0 Å². The fourth-order valence-electron chi connectivity index (χ4n) is 4.02. The highest BCUT2D eigenvalue weighted by Gasteiger charge is 2.30. The molecule has 1 aliphatic carbocycles. The van der Waals surface area contributed by atoms with Crippen LogP contribution in [0.4, 0.5) is 13.2 Å². The van der Waals surface area contributed by atoms with Gasteiger partial charge in [0.25, 0.3) is 5.91 Å². The van der Waals surface area contributed by atoms with Crippen LogP contribution in [-0.2, 0) is 12.6 Å². The van der Waals surface area contributed by atoms with Crippen molar-refractivity contribution in [2.75, 3.05) is 13.2 Å². The van der Waals surface area contributed by atoms with Crippen LogP contribution >= 0.6 is 0 Å². The molecular weight excluding hydrogens is 411 g/mol. The van der Waals surface area contributed by atoms with Crippen LogP contribution in [0.5, 0.6) is 0 Å². The van der Waals surface area contributed by atoms with Crippen molar-refractivity contribution in [1.29, 1.82) is 0 Å². The van der Waals surface area contributed by atoms with Gasteiger partial charge in [-0.25, -0.2) is 4.68 Å². The van der Waals surface area contributed by atoms with Crippen LogP contribution in [0, 0.1) is 0 Å². The van der Waals surface area contributed by atoms with Gasteiger partial charge in [0.1, 0.15) is 0 Å². The molecule has 10 heteroatoms. The molecule has 0 bridgehead atoms. The monoisotopic (exact) mass is 439 g/mol. The molecule has 7 nitrogen and oxygen atoms in total. The largest absolute Gasteiger partial charge is 0.416 e. The summed E-state index contributed by atoms with van der Waals surface area (Å²) < 4.78 is 40.4. The molecule has 1 amide bonds. The summed E-state index contributed by atoms with van der Waals surface area (Å²) in [4.78, 5) is 11.9. The van der Waals surface area contributed by atoms with Crippen LogP contribution < -0.4 is 10.6 Å². The lowest BCUT2D eigenvalue weighted by molar-refractivity contribution is -0.137. The molecule has 31 heavy (non-hydrogen) atoms. The normalized spacial score (nSPS) is 20.4. The van der Waals surface area contributed by atoms with Crippen LogP contribution in [-0.4, -0.2) is 51.2 Å². The predicted molar refractivity (Wildman–Crippen MR) is 108 cm³/mol. The van der Waals surface area contributed by atoms with E-state index in [1.165, 1.54) is 12.1 Å². The molecular formula is C21H28F3N5O2. The van der Waals surface area contributed by atoms with Crippen molar-refractivity contribution in [3.05, 3.63) is 47.3 Å². The van der Waals surface area contributed by atoms with E-state index >= 15 is 0 Å². The summed E-state index contributed by atoms with van der Waals surface area (Å²) in [5.41, 5.74) is 0.275. The Kier molecular flexibility index (Phi) is 7.66. The zero-order chi connectivity index (χ0) is 22.4. The maximum Gasteiger partial charge on any atom is 0.416 e. The third kappa shape index (κ3) is 6.51. The first-order chi connectivity index (χ1) is 14.8. The summed E-state index contributed by atoms with van der Waals surface area (Å²) in [5, 5.41) is 22.8. The summed E-state index contributed by atoms with van der Waals surface area (Å²) in [7, 11) is 0. The number of carbonyl (C=O) groups is 1. The molecule has 1 fully saturated rings. The van der Waals surface area contributed by atoms with Gasteiger partial charge in [0.05, 0.1) is 24.4 Å². The first kappa shape index (κ1) is 23.2. The van der Waals surface area contributed by atoms with Crippen molar-refractivity contribution in [2.24, 2.45) is 0 Å². The van der Waals surface area contributed by atoms with Gasteiger partial charge in [0.2, 0.25) is 0 Å². The number of halogens is 3. The third-order valence-corrected chi connectivity index (χ3v) is 5.53. The van der Waals surface area contributed by atoms with E-state index in [-0.39, 0.29) is 42.9 Å². The van der Waals surface area contributed by atoms with Gasteiger partial charge in [-0.15, -0.1) is 5.10 Å². The van der Waals surface area contributed by atoms with Crippen molar-refractivity contribution >= 4 is 5.91 Å². The minimum absolute atomic E-state index is 0.0539. The quantitative estimate of drug-likeness (QED) is 0.588. The van der Waals surface area contributed by atoms with E-state index in [9.17, 15) is 18.0 Å². The zero-order valence-corrected chi connectivity index (χ0v) is 17.4. The first-order valence-electron chi connectivity index (χ1n) is 10.5. The molecule has 1 aliphatic rings. The Bertz CT molecular complexity index is 863. The van der Waals surface area contributed by atoms with E-state index < -0.39 is 11.7 Å². The van der Waals surface area contributed by atoms with Gasteiger partial charge in [0, 0.05) is 18.6 Å². The fraction of sp³-hybridized carbons (Fsp3) is 0.571. The van der Waals surface area contributed by atoms with E-state index in [4.69, 9.17) is 5.11 Å². The van der Waals surface area contributed by atoms with E-state index in [0.717, 1.165) is 31.7 Å².